The van der Waals surface area contributed by atoms with Gasteiger partial charge < -0.3 is 0 Å². The predicted octanol–water partition coefficient (Wildman–Crippen LogP) is 3.18. The topological polar surface area (TPSA) is 45.2 Å². The van der Waals surface area contributed by atoms with Crippen molar-refractivity contribution in [1.29, 1.82) is 0 Å². The van der Waals surface area contributed by atoms with Crippen molar-refractivity contribution in [2.45, 2.75) is 32.0 Å². The molecular formula is C20H23N5S. The average Bonchev–Trinajstić information content (AvgIpc) is 2.96. The van der Waals surface area contributed by atoms with Crippen LogP contribution in [0.3, 0.4) is 0 Å². The van der Waals surface area contributed by atoms with Crippen molar-refractivity contribution in [3.05, 3.63) is 53.9 Å². The number of hydrogen-bond acceptors (Lipinski definition) is 6. The standard InChI is InChI=1S/C20H23N5S/c1-2-8-21-17(3-1)13-24-10-16-4-6-18(14-24)25(12-16)11-15-5-7-19-20(9-15)23-26-22-19/h1-3,5,7-9,16,18H,4,6,10-14H2/t16-,18+/m0/s1. The quantitative estimate of drug-likeness (QED) is 0.710. The molecule has 0 aliphatic carbocycles. The summed E-state index contributed by atoms with van der Waals surface area (Å²) in [6.45, 7) is 5.53. The monoisotopic (exact) mass is 365 g/mol. The molecule has 134 valence electrons. The van der Waals surface area contributed by atoms with E-state index in [0.29, 0.717) is 6.04 Å². The van der Waals surface area contributed by atoms with Crippen LogP contribution in [0.2, 0.25) is 0 Å². The molecule has 0 saturated carbocycles. The minimum atomic E-state index is 0.640. The van der Waals surface area contributed by atoms with Gasteiger partial charge in [-0.3, -0.25) is 14.8 Å². The summed E-state index contributed by atoms with van der Waals surface area (Å²) in [4.78, 5) is 9.81. The van der Waals surface area contributed by atoms with Crippen LogP contribution in [0.1, 0.15) is 24.1 Å². The van der Waals surface area contributed by atoms with Gasteiger partial charge in [0, 0.05) is 45.0 Å². The van der Waals surface area contributed by atoms with Gasteiger partial charge in [0.15, 0.2) is 0 Å². The maximum Gasteiger partial charge on any atom is 0.105 e. The highest BCUT2D eigenvalue weighted by atomic mass is 32.1. The summed E-state index contributed by atoms with van der Waals surface area (Å²) in [5.74, 6) is 0.766. The molecule has 2 atom stereocenters. The minimum absolute atomic E-state index is 0.640. The minimum Gasteiger partial charge on any atom is -0.296 e. The van der Waals surface area contributed by atoms with E-state index in [4.69, 9.17) is 0 Å². The maximum absolute atomic E-state index is 4.52. The van der Waals surface area contributed by atoms with Crippen molar-refractivity contribution >= 4 is 22.8 Å². The Kier molecular flexibility index (Phi) is 4.40. The van der Waals surface area contributed by atoms with Crippen molar-refractivity contribution in [3.63, 3.8) is 0 Å². The Morgan fingerprint density at radius 3 is 2.85 bits per heavy atom. The average molecular weight is 366 g/mol. The molecule has 0 spiro atoms. The molecule has 6 rings (SSSR count). The molecule has 0 unspecified atom stereocenters. The molecule has 5 heterocycles. The van der Waals surface area contributed by atoms with Crippen LogP contribution in [0.15, 0.2) is 42.6 Å². The smallest absolute Gasteiger partial charge is 0.105 e. The zero-order valence-corrected chi connectivity index (χ0v) is 15.6. The highest BCUT2D eigenvalue weighted by molar-refractivity contribution is 7.00. The van der Waals surface area contributed by atoms with Gasteiger partial charge in [0.1, 0.15) is 11.0 Å². The molecule has 0 amide bonds. The Hall–Kier alpha value is -1.89. The summed E-state index contributed by atoms with van der Waals surface area (Å²) >= 11 is 1.30. The second-order valence-corrected chi connectivity index (χ2v) is 8.16. The largest absolute Gasteiger partial charge is 0.296 e. The van der Waals surface area contributed by atoms with Gasteiger partial charge in [0.2, 0.25) is 0 Å². The maximum atomic E-state index is 4.52. The van der Waals surface area contributed by atoms with E-state index in [1.807, 2.05) is 12.3 Å². The lowest BCUT2D eigenvalue weighted by molar-refractivity contribution is 0.123. The number of benzene rings is 1. The van der Waals surface area contributed by atoms with Crippen LogP contribution in [-0.4, -0.2) is 49.2 Å². The second kappa shape index (κ2) is 7.02. The number of fused-ring (bicyclic) bond motifs is 5. The van der Waals surface area contributed by atoms with E-state index in [1.165, 1.54) is 48.9 Å². The molecular weight excluding hydrogens is 342 g/mol. The molecule has 6 heteroatoms. The molecule has 5 nitrogen and oxygen atoms in total. The van der Waals surface area contributed by atoms with Gasteiger partial charge in [-0.15, -0.1) is 0 Å². The van der Waals surface area contributed by atoms with Crippen LogP contribution in [0, 0.1) is 5.92 Å². The lowest BCUT2D eigenvalue weighted by Crippen LogP contribution is -2.43. The summed E-state index contributed by atoms with van der Waals surface area (Å²) in [6, 6.07) is 13.4. The first-order chi connectivity index (χ1) is 12.8. The highest BCUT2D eigenvalue weighted by Gasteiger charge is 2.34. The van der Waals surface area contributed by atoms with Gasteiger partial charge in [0.25, 0.3) is 0 Å². The van der Waals surface area contributed by atoms with Crippen LogP contribution in [0.4, 0.5) is 0 Å². The van der Waals surface area contributed by atoms with Gasteiger partial charge in [-0.05, 0) is 48.6 Å². The Morgan fingerprint density at radius 1 is 0.962 bits per heavy atom. The normalized spacial score (nSPS) is 24.2. The number of pyridine rings is 1. The van der Waals surface area contributed by atoms with Gasteiger partial charge in [-0.25, -0.2) is 0 Å². The molecule has 26 heavy (non-hydrogen) atoms. The zero-order valence-electron chi connectivity index (χ0n) is 14.8. The molecule has 0 radical (unpaired) electrons. The fraction of sp³-hybridized carbons (Fsp3) is 0.450. The molecule has 3 saturated heterocycles. The molecule has 2 bridgehead atoms. The Balaban J connectivity index is 1.30. The number of piperidine rings is 1. The van der Waals surface area contributed by atoms with Gasteiger partial charge >= 0.3 is 0 Å². The van der Waals surface area contributed by atoms with Gasteiger partial charge in [0.05, 0.1) is 17.4 Å². The number of aromatic nitrogens is 3. The summed E-state index contributed by atoms with van der Waals surface area (Å²) in [5.41, 5.74) is 4.58. The second-order valence-electron chi connectivity index (χ2n) is 7.63. The molecule has 3 aliphatic rings. The molecule has 3 aliphatic heterocycles. The molecule has 2 aromatic heterocycles. The highest BCUT2D eigenvalue weighted by Crippen LogP contribution is 2.30. The van der Waals surface area contributed by atoms with Crippen LogP contribution in [-0.2, 0) is 13.1 Å². The third kappa shape index (κ3) is 3.37. The molecule has 3 fully saturated rings. The Labute approximate surface area is 158 Å². The van der Waals surface area contributed by atoms with E-state index in [9.17, 15) is 0 Å². The van der Waals surface area contributed by atoms with Crippen LogP contribution < -0.4 is 0 Å². The summed E-state index contributed by atoms with van der Waals surface area (Å²) in [5, 5.41) is 0. The first kappa shape index (κ1) is 16.3. The third-order valence-electron chi connectivity index (χ3n) is 5.72. The molecule has 3 aromatic rings. The van der Waals surface area contributed by atoms with E-state index in [2.05, 4.69) is 53.9 Å². The van der Waals surface area contributed by atoms with Gasteiger partial charge in [-0.2, -0.15) is 8.75 Å². The van der Waals surface area contributed by atoms with E-state index in [1.54, 1.807) is 0 Å². The van der Waals surface area contributed by atoms with Crippen LogP contribution in [0.5, 0.6) is 0 Å². The van der Waals surface area contributed by atoms with Crippen molar-refractivity contribution in [1.82, 2.24) is 23.5 Å². The summed E-state index contributed by atoms with van der Waals surface area (Å²) in [6.07, 6.45) is 4.57. The van der Waals surface area contributed by atoms with Crippen molar-refractivity contribution in [3.8, 4) is 0 Å². The van der Waals surface area contributed by atoms with E-state index in [-0.39, 0.29) is 0 Å². The lowest BCUT2D eigenvalue weighted by Gasteiger charge is -2.36. The fourth-order valence-corrected chi connectivity index (χ4v) is 5.00. The predicted molar refractivity (Wildman–Crippen MR) is 104 cm³/mol. The van der Waals surface area contributed by atoms with E-state index < -0.39 is 0 Å². The Morgan fingerprint density at radius 2 is 1.92 bits per heavy atom. The molecule has 1 aromatic carbocycles. The number of nitrogens with zero attached hydrogens (tertiary/aromatic N) is 5. The summed E-state index contributed by atoms with van der Waals surface area (Å²) in [7, 11) is 0. The first-order valence-corrected chi connectivity index (χ1v) is 10.1. The van der Waals surface area contributed by atoms with E-state index >= 15 is 0 Å². The van der Waals surface area contributed by atoms with Crippen LogP contribution >= 0.6 is 11.7 Å². The number of hydrogen-bond donors (Lipinski definition) is 0. The summed E-state index contributed by atoms with van der Waals surface area (Å²) < 4.78 is 8.71. The first-order valence-electron chi connectivity index (χ1n) is 9.41. The van der Waals surface area contributed by atoms with Crippen molar-refractivity contribution < 1.29 is 0 Å². The molecule has 0 N–H and O–H groups in total. The Bertz CT molecular complexity index is 880. The zero-order chi connectivity index (χ0) is 17.3. The van der Waals surface area contributed by atoms with Crippen molar-refractivity contribution in [2.24, 2.45) is 5.92 Å². The van der Waals surface area contributed by atoms with Crippen LogP contribution in [0.25, 0.3) is 11.0 Å². The number of rotatable bonds is 4. The van der Waals surface area contributed by atoms with E-state index in [0.717, 1.165) is 36.6 Å². The van der Waals surface area contributed by atoms with Crippen molar-refractivity contribution in [2.75, 3.05) is 19.6 Å². The SMILES string of the molecule is c1ccc(CN2C[C@@H]3CC[C@H](C2)N(Cc2ccc4nsnc4c2)C3)nc1. The lowest BCUT2D eigenvalue weighted by atomic mass is 9.94. The third-order valence-corrected chi connectivity index (χ3v) is 6.27. The fourth-order valence-electron chi connectivity index (χ4n) is 4.48. The van der Waals surface area contributed by atoms with Gasteiger partial charge in [-0.1, -0.05) is 12.1 Å².